The van der Waals surface area contributed by atoms with Gasteiger partial charge in [-0.1, -0.05) is 18.2 Å². The molecule has 1 N–H and O–H groups in total. The van der Waals surface area contributed by atoms with Crippen molar-refractivity contribution in [2.24, 2.45) is 5.11 Å². The van der Waals surface area contributed by atoms with Gasteiger partial charge >= 0.3 is 5.97 Å². The fraction of sp³-hybridized carbons (Fsp3) is 0. The summed E-state index contributed by atoms with van der Waals surface area (Å²) in [5, 5.41) is 3.26. The summed E-state index contributed by atoms with van der Waals surface area (Å²) < 4.78 is 5.16. The van der Waals surface area contributed by atoms with E-state index in [1.165, 1.54) is 0 Å². The molecule has 0 saturated carbocycles. The van der Waals surface area contributed by atoms with Gasteiger partial charge in [0, 0.05) is 0 Å². The summed E-state index contributed by atoms with van der Waals surface area (Å²) in [6, 6.07) is 15.2. The van der Waals surface area contributed by atoms with Crippen LogP contribution in [0.15, 0.2) is 59.7 Å². The molecule has 0 saturated heterocycles. The zero-order valence-electron chi connectivity index (χ0n) is 8.96. The monoisotopic (exact) mass is 226 g/mol. The minimum absolute atomic E-state index is 0.402. The van der Waals surface area contributed by atoms with Gasteiger partial charge in [0.1, 0.15) is 5.75 Å². The second kappa shape index (κ2) is 5.03. The first-order valence-corrected chi connectivity index (χ1v) is 5.04. The number of nitrogens with zero attached hydrogens (tertiary/aromatic N) is 1. The van der Waals surface area contributed by atoms with Crippen LogP contribution in [-0.4, -0.2) is 5.97 Å². The Morgan fingerprint density at radius 1 is 1.00 bits per heavy atom. The van der Waals surface area contributed by atoms with Gasteiger partial charge in [-0.25, -0.2) is 10.3 Å². The third kappa shape index (κ3) is 2.75. The Morgan fingerprint density at radius 3 is 2.24 bits per heavy atom. The first kappa shape index (κ1) is 11.0. The first-order chi connectivity index (χ1) is 8.29. The molecule has 0 aliphatic rings. The molecule has 84 valence electrons. The molecule has 2 aromatic rings. The maximum absolute atomic E-state index is 11.7. The van der Waals surface area contributed by atoms with Crippen LogP contribution in [0.1, 0.15) is 10.4 Å². The molecular formula is C13H10N2O2. The Kier molecular flexibility index (Phi) is 3.25. The Bertz CT molecular complexity index is 521. The van der Waals surface area contributed by atoms with E-state index >= 15 is 0 Å². The average molecular weight is 226 g/mol. The fourth-order valence-corrected chi connectivity index (χ4v) is 1.33. The minimum Gasteiger partial charge on any atom is -0.423 e. The average Bonchev–Trinajstić information content (AvgIpc) is 2.40. The Labute approximate surface area is 98.4 Å². The van der Waals surface area contributed by atoms with Gasteiger partial charge < -0.3 is 4.74 Å². The van der Waals surface area contributed by atoms with Gasteiger partial charge in [-0.2, -0.15) is 5.11 Å². The van der Waals surface area contributed by atoms with Gasteiger partial charge in [0.2, 0.25) is 0 Å². The van der Waals surface area contributed by atoms with Crippen molar-refractivity contribution in [1.82, 2.24) is 0 Å². The minimum atomic E-state index is -0.402. The predicted molar refractivity (Wildman–Crippen MR) is 62.7 cm³/mol. The van der Waals surface area contributed by atoms with Crippen LogP contribution in [0.25, 0.3) is 0 Å². The molecule has 0 radical (unpaired) electrons. The van der Waals surface area contributed by atoms with E-state index in [0.29, 0.717) is 17.0 Å². The van der Waals surface area contributed by atoms with E-state index in [9.17, 15) is 4.79 Å². The number of hydrogen-bond acceptors (Lipinski definition) is 4. The van der Waals surface area contributed by atoms with Crippen LogP contribution in [0.5, 0.6) is 5.75 Å². The van der Waals surface area contributed by atoms with Crippen molar-refractivity contribution in [2.45, 2.75) is 0 Å². The van der Waals surface area contributed by atoms with Crippen molar-refractivity contribution < 1.29 is 9.53 Å². The molecule has 0 amide bonds. The van der Waals surface area contributed by atoms with Crippen molar-refractivity contribution in [3.63, 3.8) is 0 Å². The highest BCUT2D eigenvalue weighted by Gasteiger charge is 2.07. The lowest BCUT2D eigenvalue weighted by atomic mass is 10.2. The molecule has 0 heterocycles. The van der Waals surface area contributed by atoms with Crippen molar-refractivity contribution in [2.75, 3.05) is 0 Å². The van der Waals surface area contributed by atoms with Gasteiger partial charge in [0.05, 0.1) is 11.3 Å². The normalized spacial score (nSPS) is 9.65. The number of carbonyl (C=O) groups excluding carboxylic acids is 1. The molecule has 0 aliphatic carbocycles. The molecule has 0 fully saturated rings. The standard InChI is InChI=1S/C13H10N2O2/c14-15-11-6-8-12(9-7-11)17-13(16)10-4-2-1-3-5-10/h1-9,14H. The van der Waals surface area contributed by atoms with Crippen molar-refractivity contribution in [3.05, 3.63) is 60.2 Å². The highest BCUT2D eigenvalue weighted by Crippen LogP contribution is 2.18. The summed E-state index contributed by atoms with van der Waals surface area (Å²) in [5.74, 6) is 0.0346. The van der Waals surface area contributed by atoms with Gasteiger partial charge in [0.15, 0.2) is 0 Å². The zero-order chi connectivity index (χ0) is 12.1. The summed E-state index contributed by atoms with van der Waals surface area (Å²) in [6.07, 6.45) is 0. The Hall–Kier alpha value is -2.49. The number of esters is 1. The van der Waals surface area contributed by atoms with Crippen molar-refractivity contribution in [3.8, 4) is 5.75 Å². The maximum atomic E-state index is 11.7. The maximum Gasteiger partial charge on any atom is 0.343 e. The summed E-state index contributed by atoms with van der Waals surface area (Å²) in [4.78, 5) is 11.7. The van der Waals surface area contributed by atoms with E-state index < -0.39 is 5.97 Å². The summed E-state index contributed by atoms with van der Waals surface area (Å²) in [5.41, 5.74) is 7.83. The molecular weight excluding hydrogens is 216 g/mol. The number of hydrogen-bond donors (Lipinski definition) is 1. The lowest BCUT2D eigenvalue weighted by molar-refractivity contribution is 0.0735. The van der Waals surface area contributed by atoms with Crippen LogP contribution < -0.4 is 4.74 Å². The lowest BCUT2D eigenvalue weighted by Gasteiger charge is -2.03. The molecule has 4 heteroatoms. The van der Waals surface area contributed by atoms with Crippen LogP contribution in [0.3, 0.4) is 0 Å². The van der Waals surface area contributed by atoms with Gasteiger partial charge in [-0.15, -0.1) is 0 Å². The largest absolute Gasteiger partial charge is 0.423 e. The van der Waals surface area contributed by atoms with E-state index in [1.54, 1.807) is 48.5 Å². The van der Waals surface area contributed by atoms with Crippen LogP contribution in [0.4, 0.5) is 5.69 Å². The van der Waals surface area contributed by atoms with E-state index in [0.717, 1.165) is 0 Å². The molecule has 0 bridgehead atoms. The fourth-order valence-electron chi connectivity index (χ4n) is 1.33. The van der Waals surface area contributed by atoms with Crippen LogP contribution in [0.2, 0.25) is 0 Å². The molecule has 0 aliphatic heterocycles. The van der Waals surface area contributed by atoms with E-state index in [2.05, 4.69) is 5.11 Å². The van der Waals surface area contributed by atoms with Gasteiger partial charge in [-0.3, -0.25) is 0 Å². The smallest absolute Gasteiger partial charge is 0.343 e. The number of carbonyl (C=O) groups is 1. The number of ether oxygens (including phenoxy) is 1. The van der Waals surface area contributed by atoms with E-state index in [-0.39, 0.29) is 0 Å². The number of nitrogens with one attached hydrogen (secondary N) is 1. The molecule has 0 spiro atoms. The second-order valence-corrected chi connectivity index (χ2v) is 3.36. The van der Waals surface area contributed by atoms with Gasteiger partial charge in [0.25, 0.3) is 0 Å². The molecule has 0 unspecified atom stereocenters. The molecule has 2 aromatic carbocycles. The molecule has 4 nitrogen and oxygen atoms in total. The summed E-state index contributed by atoms with van der Waals surface area (Å²) in [6.45, 7) is 0. The van der Waals surface area contributed by atoms with Crippen molar-refractivity contribution in [1.29, 1.82) is 5.53 Å². The highest BCUT2D eigenvalue weighted by atomic mass is 16.5. The lowest BCUT2D eigenvalue weighted by Crippen LogP contribution is -2.07. The van der Waals surface area contributed by atoms with E-state index in [1.807, 2.05) is 6.07 Å². The molecule has 17 heavy (non-hydrogen) atoms. The third-order valence-electron chi connectivity index (χ3n) is 2.19. The van der Waals surface area contributed by atoms with Crippen LogP contribution in [0, 0.1) is 5.53 Å². The van der Waals surface area contributed by atoms with E-state index in [4.69, 9.17) is 10.3 Å². The van der Waals surface area contributed by atoms with Crippen LogP contribution >= 0.6 is 0 Å². The van der Waals surface area contributed by atoms with Crippen molar-refractivity contribution >= 4 is 11.7 Å². The number of rotatable bonds is 3. The van der Waals surface area contributed by atoms with Gasteiger partial charge in [-0.05, 0) is 36.4 Å². The quantitative estimate of drug-likeness (QED) is 0.494. The first-order valence-electron chi connectivity index (χ1n) is 5.04. The van der Waals surface area contributed by atoms with Crippen LogP contribution in [-0.2, 0) is 0 Å². The Morgan fingerprint density at radius 2 is 1.65 bits per heavy atom. The second-order valence-electron chi connectivity index (χ2n) is 3.36. The molecule has 0 aromatic heterocycles. The summed E-state index contributed by atoms with van der Waals surface area (Å²) >= 11 is 0. The highest BCUT2D eigenvalue weighted by molar-refractivity contribution is 5.90. The summed E-state index contributed by atoms with van der Waals surface area (Å²) in [7, 11) is 0. The third-order valence-corrected chi connectivity index (χ3v) is 2.19. The topological polar surface area (TPSA) is 62.5 Å². The number of benzene rings is 2. The molecule has 2 rings (SSSR count). The molecule has 0 atom stereocenters. The SMILES string of the molecule is N=Nc1ccc(OC(=O)c2ccccc2)cc1. The zero-order valence-corrected chi connectivity index (χ0v) is 8.96. The Balaban J connectivity index is 2.10. The predicted octanol–water partition coefficient (Wildman–Crippen LogP) is 3.57.